The lowest BCUT2D eigenvalue weighted by atomic mass is 9.83. The van der Waals surface area contributed by atoms with Gasteiger partial charge in [0.05, 0.1) is 0 Å². The van der Waals surface area contributed by atoms with Crippen LogP contribution < -0.4 is 10.6 Å². The zero-order valence-corrected chi connectivity index (χ0v) is 13.8. The molecule has 0 atom stereocenters. The van der Waals surface area contributed by atoms with Gasteiger partial charge in [0.25, 0.3) is 0 Å². The Morgan fingerprint density at radius 2 is 1.71 bits per heavy atom. The van der Waals surface area contributed by atoms with Crippen LogP contribution in [-0.2, 0) is 6.42 Å². The van der Waals surface area contributed by atoms with Crippen LogP contribution in [0, 0.1) is 11.8 Å². The average molecular weight is 290 g/mol. The third-order valence-electron chi connectivity index (χ3n) is 4.53. The number of hydrogen-bond donors (Lipinski definition) is 2. The number of anilines is 2. The SMILES string of the molecule is CCCNc1ncnc(NCC2CCC(C)CC2)c1CC. The van der Waals surface area contributed by atoms with Crippen LogP contribution in [0.25, 0.3) is 0 Å². The maximum atomic E-state index is 4.46. The first kappa shape index (κ1) is 16.1. The Bertz CT molecular complexity index is 425. The molecule has 118 valence electrons. The Morgan fingerprint density at radius 1 is 1.05 bits per heavy atom. The summed E-state index contributed by atoms with van der Waals surface area (Å²) >= 11 is 0. The van der Waals surface area contributed by atoms with Crippen molar-refractivity contribution in [1.82, 2.24) is 9.97 Å². The van der Waals surface area contributed by atoms with Crippen molar-refractivity contribution in [3.05, 3.63) is 11.9 Å². The number of nitrogens with zero attached hydrogens (tertiary/aromatic N) is 2. The second-order valence-electron chi connectivity index (χ2n) is 6.34. The van der Waals surface area contributed by atoms with Gasteiger partial charge in [0.1, 0.15) is 18.0 Å². The smallest absolute Gasteiger partial charge is 0.134 e. The van der Waals surface area contributed by atoms with E-state index >= 15 is 0 Å². The van der Waals surface area contributed by atoms with Gasteiger partial charge in [0, 0.05) is 18.7 Å². The minimum Gasteiger partial charge on any atom is -0.370 e. The zero-order chi connectivity index (χ0) is 15.1. The molecule has 0 spiro atoms. The molecule has 1 heterocycles. The first-order valence-electron chi connectivity index (χ1n) is 8.56. The lowest BCUT2D eigenvalue weighted by Gasteiger charge is -2.26. The van der Waals surface area contributed by atoms with Crippen molar-refractivity contribution in [2.45, 2.75) is 59.3 Å². The van der Waals surface area contributed by atoms with E-state index in [2.05, 4.69) is 41.4 Å². The molecular formula is C17H30N4. The molecule has 2 rings (SSSR count). The minimum absolute atomic E-state index is 0.799. The molecule has 1 aliphatic carbocycles. The average Bonchev–Trinajstić information content (AvgIpc) is 2.52. The van der Waals surface area contributed by atoms with E-state index in [1.54, 1.807) is 6.33 Å². The van der Waals surface area contributed by atoms with Crippen LogP contribution >= 0.6 is 0 Å². The normalized spacial score (nSPS) is 22.0. The van der Waals surface area contributed by atoms with Gasteiger partial charge in [0.2, 0.25) is 0 Å². The summed E-state index contributed by atoms with van der Waals surface area (Å²) in [6, 6.07) is 0. The summed E-state index contributed by atoms with van der Waals surface area (Å²) in [5.41, 5.74) is 1.22. The second-order valence-corrected chi connectivity index (χ2v) is 6.34. The van der Waals surface area contributed by atoms with Crippen LogP contribution in [-0.4, -0.2) is 23.1 Å². The molecule has 0 radical (unpaired) electrons. The minimum atomic E-state index is 0.799. The molecule has 4 heteroatoms. The summed E-state index contributed by atoms with van der Waals surface area (Å²) in [6.07, 6.45) is 9.18. The molecule has 0 saturated heterocycles. The Morgan fingerprint density at radius 3 is 2.33 bits per heavy atom. The first-order chi connectivity index (χ1) is 10.2. The van der Waals surface area contributed by atoms with Gasteiger partial charge in [-0.3, -0.25) is 0 Å². The van der Waals surface area contributed by atoms with Crippen LogP contribution in [0.3, 0.4) is 0 Å². The van der Waals surface area contributed by atoms with E-state index < -0.39 is 0 Å². The van der Waals surface area contributed by atoms with Crippen LogP contribution in [0.4, 0.5) is 11.6 Å². The fourth-order valence-electron chi connectivity index (χ4n) is 3.07. The van der Waals surface area contributed by atoms with E-state index in [-0.39, 0.29) is 0 Å². The molecular weight excluding hydrogens is 260 g/mol. The van der Waals surface area contributed by atoms with Crippen molar-refractivity contribution in [3.63, 3.8) is 0 Å². The van der Waals surface area contributed by atoms with E-state index in [1.165, 1.54) is 31.2 Å². The van der Waals surface area contributed by atoms with Gasteiger partial charge in [-0.05, 0) is 37.5 Å². The predicted molar refractivity (Wildman–Crippen MR) is 89.8 cm³/mol. The van der Waals surface area contributed by atoms with E-state index in [9.17, 15) is 0 Å². The van der Waals surface area contributed by atoms with Crippen molar-refractivity contribution in [2.75, 3.05) is 23.7 Å². The number of hydrogen-bond acceptors (Lipinski definition) is 4. The molecule has 1 aromatic rings. The fraction of sp³-hybridized carbons (Fsp3) is 0.765. The van der Waals surface area contributed by atoms with Crippen LogP contribution in [0.1, 0.15) is 58.4 Å². The van der Waals surface area contributed by atoms with Gasteiger partial charge < -0.3 is 10.6 Å². The van der Waals surface area contributed by atoms with E-state index in [4.69, 9.17) is 0 Å². The summed E-state index contributed by atoms with van der Waals surface area (Å²) < 4.78 is 0. The van der Waals surface area contributed by atoms with Crippen LogP contribution in [0.15, 0.2) is 6.33 Å². The molecule has 1 fully saturated rings. The summed E-state index contributed by atoms with van der Waals surface area (Å²) in [4.78, 5) is 8.85. The molecule has 1 aliphatic rings. The largest absolute Gasteiger partial charge is 0.370 e. The Balaban J connectivity index is 1.95. The fourth-order valence-corrected chi connectivity index (χ4v) is 3.07. The summed E-state index contributed by atoms with van der Waals surface area (Å²) in [5.74, 6) is 3.73. The number of rotatable bonds is 7. The highest BCUT2D eigenvalue weighted by molar-refractivity contribution is 5.57. The molecule has 2 N–H and O–H groups in total. The second kappa shape index (κ2) is 8.20. The first-order valence-corrected chi connectivity index (χ1v) is 8.56. The van der Waals surface area contributed by atoms with Crippen molar-refractivity contribution >= 4 is 11.6 Å². The monoisotopic (exact) mass is 290 g/mol. The zero-order valence-electron chi connectivity index (χ0n) is 13.8. The van der Waals surface area contributed by atoms with Crippen molar-refractivity contribution < 1.29 is 0 Å². The molecule has 4 nitrogen and oxygen atoms in total. The van der Waals surface area contributed by atoms with Crippen molar-refractivity contribution in [1.29, 1.82) is 0 Å². The lowest BCUT2D eigenvalue weighted by Crippen LogP contribution is -2.21. The Hall–Kier alpha value is -1.32. The van der Waals surface area contributed by atoms with Crippen molar-refractivity contribution in [2.24, 2.45) is 11.8 Å². The number of aromatic nitrogens is 2. The molecule has 0 aromatic carbocycles. The van der Waals surface area contributed by atoms with Gasteiger partial charge >= 0.3 is 0 Å². The molecule has 1 aromatic heterocycles. The quantitative estimate of drug-likeness (QED) is 0.794. The third kappa shape index (κ3) is 4.58. The van der Waals surface area contributed by atoms with Gasteiger partial charge in [-0.1, -0.05) is 33.6 Å². The molecule has 0 unspecified atom stereocenters. The maximum Gasteiger partial charge on any atom is 0.134 e. The topological polar surface area (TPSA) is 49.8 Å². The maximum absolute atomic E-state index is 4.46. The summed E-state index contributed by atoms with van der Waals surface area (Å²) in [5, 5.41) is 6.98. The highest BCUT2D eigenvalue weighted by atomic mass is 15.1. The predicted octanol–water partition coefficient (Wildman–Crippen LogP) is 4.10. The van der Waals surface area contributed by atoms with E-state index in [0.717, 1.165) is 49.4 Å². The molecule has 0 aliphatic heterocycles. The van der Waals surface area contributed by atoms with Gasteiger partial charge in [-0.2, -0.15) is 0 Å². The van der Waals surface area contributed by atoms with Crippen molar-refractivity contribution in [3.8, 4) is 0 Å². The Labute approximate surface area is 129 Å². The summed E-state index contributed by atoms with van der Waals surface area (Å²) in [7, 11) is 0. The highest BCUT2D eigenvalue weighted by Gasteiger charge is 2.18. The molecule has 21 heavy (non-hydrogen) atoms. The summed E-state index contributed by atoms with van der Waals surface area (Å²) in [6.45, 7) is 8.72. The highest BCUT2D eigenvalue weighted by Crippen LogP contribution is 2.29. The van der Waals surface area contributed by atoms with E-state index in [0.29, 0.717) is 0 Å². The Kier molecular flexibility index (Phi) is 6.27. The van der Waals surface area contributed by atoms with Gasteiger partial charge in [-0.15, -0.1) is 0 Å². The molecule has 1 saturated carbocycles. The third-order valence-corrected chi connectivity index (χ3v) is 4.53. The molecule has 0 bridgehead atoms. The lowest BCUT2D eigenvalue weighted by molar-refractivity contribution is 0.300. The van der Waals surface area contributed by atoms with Gasteiger partial charge in [0.15, 0.2) is 0 Å². The van der Waals surface area contributed by atoms with Crippen LogP contribution in [0.2, 0.25) is 0 Å². The standard InChI is InChI=1S/C17H30N4/c1-4-10-18-16-15(5-2)17(21-12-20-16)19-11-14-8-6-13(3)7-9-14/h12-14H,4-11H2,1-3H3,(H2,18,19,20,21). The van der Waals surface area contributed by atoms with Crippen LogP contribution in [0.5, 0.6) is 0 Å². The molecule has 0 amide bonds. The van der Waals surface area contributed by atoms with E-state index in [1.807, 2.05) is 0 Å². The number of nitrogens with one attached hydrogen (secondary N) is 2. The van der Waals surface area contributed by atoms with Gasteiger partial charge in [-0.25, -0.2) is 9.97 Å².